The third-order valence-electron chi connectivity index (χ3n) is 3.12. The molecule has 0 radical (unpaired) electrons. The molecule has 0 saturated carbocycles. The monoisotopic (exact) mass is 330 g/mol. The number of fused-ring (bicyclic) bond motifs is 1. The van der Waals surface area contributed by atoms with Crippen LogP contribution < -0.4 is 5.56 Å². The summed E-state index contributed by atoms with van der Waals surface area (Å²) in [7, 11) is 0. The smallest absolute Gasteiger partial charge is 0.272 e. The molecule has 0 aliphatic rings. The number of thioether (sulfide) groups is 1. The van der Waals surface area contributed by atoms with Crippen LogP contribution in [-0.2, 0) is 11.3 Å². The van der Waals surface area contributed by atoms with E-state index in [2.05, 4.69) is 4.98 Å². The molecular formula is C16H14N2O2S2. The summed E-state index contributed by atoms with van der Waals surface area (Å²) >= 11 is 2.71. The van der Waals surface area contributed by atoms with Crippen LogP contribution in [0.4, 0.5) is 0 Å². The molecule has 4 nitrogen and oxygen atoms in total. The molecule has 22 heavy (non-hydrogen) atoms. The normalized spacial score (nSPS) is 11.0. The van der Waals surface area contributed by atoms with E-state index in [1.807, 2.05) is 41.8 Å². The number of hydrogen-bond donors (Lipinski definition) is 0. The zero-order valence-corrected chi connectivity index (χ0v) is 13.6. The molecule has 3 rings (SSSR count). The number of Topliss-reactive ketones (excluding diaryl/α,β-unsaturated/α-hetero) is 1. The van der Waals surface area contributed by atoms with Crippen molar-refractivity contribution in [2.24, 2.45) is 0 Å². The number of rotatable bonds is 5. The summed E-state index contributed by atoms with van der Waals surface area (Å²) < 4.78 is 2.31. The fraction of sp³-hybridized carbons (Fsp3) is 0.188. The molecule has 0 aliphatic heterocycles. The first-order valence-corrected chi connectivity index (χ1v) is 8.66. The van der Waals surface area contributed by atoms with E-state index in [-0.39, 0.29) is 11.3 Å². The van der Waals surface area contributed by atoms with E-state index in [1.54, 1.807) is 4.57 Å². The number of carbonyl (C=O) groups excluding carboxylic acids is 1. The lowest BCUT2D eigenvalue weighted by molar-refractivity contribution is -0.114. The van der Waals surface area contributed by atoms with Gasteiger partial charge in [0.2, 0.25) is 0 Å². The average molecular weight is 330 g/mol. The van der Waals surface area contributed by atoms with Gasteiger partial charge < -0.3 is 0 Å². The lowest BCUT2D eigenvalue weighted by Crippen LogP contribution is -2.23. The molecule has 0 saturated heterocycles. The fourth-order valence-corrected chi connectivity index (χ4v) is 3.68. The van der Waals surface area contributed by atoms with E-state index in [1.165, 1.54) is 30.0 Å². The Kier molecular flexibility index (Phi) is 4.40. The zero-order chi connectivity index (χ0) is 15.5. The lowest BCUT2D eigenvalue weighted by Gasteiger charge is -2.11. The van der Waals surface area contributed by atoms with Crippen molar-refractivity contribution < 1.29 is 4.79 Å². The highest BCUT2D eigenvalue weighted by molar-refractivity contribution is 7.99. The molecule has 0 fully saturated rings. The molecule has 2 heterocycles. The number of carbonyl (C=O) groups is 1. The number of ketones is 1. The van der Waals surface area contributed by atoms with Crippen molar-refractivity contribution >= 4 is 39.1 Å². The number of nitrogens with zero attached hydrogens (tertiary/aromatic N) is 2. The molecule has 6 heteroatoms. The highest BCUT2D eigenvalue weighted by Crippen LogP contribution is 2.21. The zero-order valence-electron chi connectivity index (χ0n) is 12.0. The Bertz CT molecular complexity index is 869. The first-order valence-electron chi connectivity index (χ1n) is 6.79. The highest BCUT2D eigenvalue weighted by atomic mass is 32.2. The Morgan fingerprint density at radius 2 is 2.05 bits per heavy atom. The van der Waals surface area contributed by atoms with Gasteiger partial charge in [0, 0.05) is 0 Å². The maximum Gasteiger partial charge on any atom is 0.272 e. The molecule has 0 bridgehead atoms. The number of thiophene rings is 1. The first kappa shape index (κ1) is 15.0. The van der Waals surface area contributed by atoms with Crippen LogP contribution in [0.25, 0.3) is 10.2 Å². The second-order valence-electron chi connectivity index (χ2n) is 4.90. The van der Waals surface area contributed by atoms with E-state index < -0.39 is 0 Å². The van der Waals surface area contributed by atoms with Crippen molar-refractivity contribution in [1.82, 2.24) is 9.55 Å². The van der Waals surface area contributed by atoms with Crippen molar-refractivity contribution in [2.45, 2.75) is 18.6 Å². The SMILES string of the molecule is CC(=O)CSc1nc2ccsc2c(=O)n1Cc1ccccc1. The minimum atomic E-state index is -0.0464. The standard InChI is InChI=1S/C16H14N2O2S2/c1-11(19)10-22-16-17-13-7-8-21-14(13)15(20)18(16)9-12-5-3-2-4-6-12/h2-8H,9-10H2,1H3. The van der Waals surface area contributed by atoms with Gasteiger partial charge in [0.1, 0.15) is 10.5 Å². The van der Waals surface area contributed by atoms with Gasteiger partial charge in [0.15, 0.2) is 5.16 Å². The highest BCUT2D eigenvalue weighted by Gasteiger charge is 2.13. The van der Waals surface area contributed by atoms with Gasteiger partial charge in [-0.3, -0.25) is 14.2 Å². The van der Waals surface area contributed by atoms with Gasteiger partial charge in [0.25, 0.3) is 5.56 Å². The molecule has 1 aromatic carbocycles. The van der Waals surface area contributed by atoms with Gasteiger partial charge >= 0.3 is 0 Å². The molecule has 0 atom stereocenters. The fourth-order valence-electron chi connectivity index (χ4n) is 2.11. The summed E-state index contributed by atoms with van der Waals surface area (Å²) in [4.78, 5) is 28.5. The van der Waals surface area contributed by atoms with Crippen molar-refractivity contribution in [1.29, 1.82) is 0 Å². The molecule has 3 aromatic rings. The summed E-state index contributed by atoms with van der Waals surface area (Å²) in [6.45, 7) is 2.00. The van der Waals surface area contributed by atoms with Crippen LogP contribution in [0.15, 0.2) is 51.7 Å². The molecule has 0 aliphatic carbocycles. The Hall–Kier alpha value is -1.92. The topological polar surface area (TPSA) is 52.0 Å². The maximum absolute atomic E-state index is 12.7. The van der Waals surface area contributed by atoms with Gasteiger partial charge in [-0.05, 0) is 23.9 Å². The van der Waals surface area contributed by atoms with Crippen molar-refractivity contribution in [2.75, 3.05) is 5.75 Å². The van der Waals surface area contributed by atoms with Gasteiger partial charge in [-0.2, -0.15) is 0 Å². The van der Waals surface area contributed by atoms with E-state index in [0.717, 1.165) is 5.56 Å². The third kappa shape index (κ3) is 3.13. The Labute approximate surface area is 135 Å². The van der Waals surface area contributed by atoms with E-state index in [9.17, 15) is 9.59 Å². The number of hydrogen-bond acceptors (Lipinski definition) is 5. The number of aromatic nitrogens is 2. The predicted molar refractivity (Wildman–Crippen MR) is 90.8 cm³/mol. The van der Waals surface area contributed by atoms with Crippen LogP contribution in [0.3, 0.4) is 0 Å². The number of benzene rings is 1. The molecule has 0 amide bonds. The van der Waals surface area contributed by atoms with Gasteiger partial charge in [-0.25, -0.2) is 4.98 Å². The van der Waals surface area contributed by atoms with Crippen LogP contribution in [0.5, 0.6) is 0 Å². The van der Waals surface area contributed by atoms with Crippen LogP contribution in [0, 0.1) is 0 Å². The molecular weight excluding hydrogens is 316 g/mol. The van der Waals surface area contributed by atoms with Gasteiger partial charge in [-0.1, -0.05) is 42.1 Å². The average Bonchev–Trinajstić information content (AvgIpc) is 2.98. The largest absolute Gasteiger partial charge is 0.299 e. The van der Waals surface area contributed by atoms with E-state index in [4.69, 9.17) is 0 Å². The van der Waals surface area contributed by atoms with Crippen LogP contribution in [0.2, 0.25) is 0 Å². The summed E-state index contributed by atoms with van der Waals surface area (Å²) in [5.41, 5.74) is 1.69. The maximum atomic E-state index is 12.7. The summed E-state index contributed by atoms with van der Waals surface area (Å²) in [6, 6.07) is 11.6. The molecule has 2 aromatic heterocycles. The summed E-state index contributed by atoms with van der Waals surface area (Å²) in [5, 5.41) is 2.46. The Morgan fingerprint density at radius 1 is 1.27 bits per heavy atom. The van der Waals surface area contributed by atoms with Crippen LogP contribution in [0.1, 0.15) is 12.5 Å². The van der Waals surface area contributed by atoms with E-state index >= 15 is 0 Å². The van der Waals surface area contributed by atoms with Gasteiger partial charge in [0.05, 0.1) is 17.8 Å². The minimum Gasteiger partial charge on any atom is -0.299 e. The van der Waals surface area contributed by atoms with Crippen LogP contribution >= 0.6 is 23.1 Å². The van der Waals surface area contributed by atoms with Crippen LogP contribution in [-0.4, -0.2) is 21.1 Å². The minimum absolute atomic E-state index is 0.0464. The van der Waals surface area contributed by atoms with Gasteiger partial charge in [-0.15, -0.1) is 11.3 Å². The Balaban J connectivity index is 2.08. The summed E-state index contributed by atoms with van der Waals surface area (Å²) in [6.07, 6.45) is 0. The van der Waals surface area contributed by atoms with Crippen molar-refractivity contribution in [3.05, 3.63) is 57.7 Å². The molecule has 0 unspecified atom stereocenters. The Morgan fingerprint density at radius 3 is 2.77 bits per heavy atom. The second-order valence-corrected chi connectivity index (χ2v) is 6.76. The molecule has 112 valence electrons. The lowest BCUT2D eigenvalue weighted by atomic mass is 10.2. The quantitative estimate of drug-likeness (QED) is 0.532. The predicted octanol–water partition coefficient (Wildman–Crippen LogP) is 3.19. The second kappa shape index (κ2) is 6.46. The van der Waals surface area contributed by atoms with E-state index in [0.29, 0.717) is 27.7 Å². The van der Waals surface area contributed by atoms with Crippen molar-refractivity contribution in [3.8, 4) is 0 Å². The first-order chi connectivity index (χ1) is 10.6. The third-order valence-corrected chi connectivity index (χ3v) is 5.13. The summed E-state index contributed by atoms with van der Waals surface area (Å²) in [5.74, 6) is 0.382. The molecule has 0 N–H and O–H groups in total. The van der Waals surface area contributed by atoms with Crippen molar-refractivity contribution in [3.63, 3.8) is 0 Å². The molecule has 0 spiro atoms.